The van der Waals surface area contributed by atoms with Crippen LogP contribution in [0.25, 0.3) is 0 Å². The summed E-state index contributed by atoms with van der Waals surface area (Å²) < 4.78 is 6.02. The van der Waals surface area contributed by atoms with Gasteiger partial charge in [-0.1, -0.05) is 54.7 Å². The summed E-state index contributed by atoms with van der Waals surface area (Å²) in [4.78, 5) is 15.0. The van der Waals surface area contributed by atoms with Gasteiger partial charge in [-0.2, -0.15) is 0 Å². The SMILES string of the molecule is O=C(N[C@@H](c1ccccc1)c1nnc(N2CCCCC2)o1)C1CCCCC1. The van der Waals surface area contributed by atoms with E-state index in [1.807, 2.05) is 30.3 Å². The number of carbonyl (C=O) groups is 1. The van der Waals surface area contributed by atoms with E-state index in [0.717, 1.165) is 57.2 Å². The highest BCUT2D eigenvalue weighted by molar-refractivity contribution is 5.79. The van der Waals surface area contributed by atoms with Gasteiger partial charge in [0, 0.05) is 19.0 Å². The molecule has 6 nitrogen and oxygen atoms in total. The van der Waals surface area contributed by atoms with E-state index in [1.54, 1.807) is 0 Å². The molecule has 1 N–H and O–H groups in total. The number of carbonyl (C=O) groups excluding carboxylic acids is 1. The number of aromatic nitrogens is 2. The lowest BCUT2D eigenvalue weighted by Gasteiger charge is -2.25. The van der Waals surface area contributed by atoms with Gasteiger partial charge in [-0.15, -0.1) is 5.10 Å². The molecule has 1 saturated carbocycles. The lowest BCUT2D eigenvalue weighted by Crippen LogP contribution is -2.35. The first-order valence-electron chi connectivity index (χ1n) is 10.2. The van der Waals surface area contributed by atoms with Crippen LogP contribution in [0.5, 0.6) is 0 Å². The zero-order valence-electron chi connectivity index (χ0n) is 15.8. The van der Waals surface area contributed by atoms with E-state index < -0.39 is 6.04 Å². The first-order valence-corrected chi connectivity index (χ1v) is 10.2. The predicted molar refractivity (Wildman–Crippen MR) is 103 cm³/mol. The molecule has 0 bridgehead atoms. The molecule has 1 aromatic heterocycles. The number of nitrogens with zero attached hydrogens (tertiary/aromatic N) is 3. The molecule has 1 amide bonds. The first kappa shape index (κ1) is 18.0. The van der Waals surface area contributed by atoms with Crippen LogP contribution in [0.4, 0.5) is 6.01 Å². The van der Waals surface area contributed by atoms with E-state index in [-0.39, 0.29) is 11.8 Å². The van der Waals surface area contributed by atoms with Crippen molar-refractivity contribution in [2.45, 2.75) is 57.4 Å². The van der Waals surface area contributed by atoms with E-state index in [2.05, 4.69) is 20.4 Å². The van der Waals surface area contributed by atoms with Crippen LogP contribution in [0.1, 0.15) is 68.9 Å². The van der Waals surface area contributed by atoms with Crippen molar-refractivity contribution < 1.29 is 9.21 Å². The number of rotatable bonds is 5. The third-order valence-corrected chi connectivity index (χ3v) is 5.70. The normalized spacial score (nSPS) is 19.6. The molecule has 1 saturated heterocycles. The van der Waals surface area contributed by atoms with Crippen molar-refractivity contribution in [1.29, 1.82) is 0 Å². The summed E-state index contributed by atoms with van der Waals surface area (Å²) in [6.07, 6.45) is 8.99. The number of amides is 1. The molecule has 2 aromatic rings. The fourth-order valence-electron chi connectivity index (χ4n) is 4.11. The average Bonchev–Trinajstić information content (AvgIpc) is 3.24. The largest absolute Gasteiger partial charge is 0.405 e. The minimum absolute atomic E-state index is 0.0921. The summed E-state index contributed by atoms with van der Waals surface area (Å²) in [5, 5.41) is 11.7. The van der Waals surface area contributed by atoms with Gasteiger partial charge in [0.25, 0.3) is 0 Å². The fraction of sp³-hybridized carbons (Fsp3) is 0.571. The molecule has 1 aromatic carbocycles. The summed E-state index contributed by atoms with van der Waals surface area (Å²) >= 11 is 0. The third-order valence-electron chi connectivity index (χ3n) is 5.70. The standard InChI is InChI=1S/C21H28N4O2/c26-19(17-12-6-2-7-13-17)22-18(16-10-4-1-5-11-16)20-23-24-21(27-20)25-14-8-3-9-15-25/h1,4-5,10-11,17-18H,2-3,6-9,12-15H2,(H,22,26)/t18-/m0/s1. The van der Waals surface area contributed by atoms with Crippen LogP contribution >= 0.6 is 0 Å². The number of hydrogen-bond donors (Lipinski definition) is 1. The van der Waals surface area contributed by atoms with Gasteiger partial charge in [-0.3, -0.25) is 4.79 Å². The van der Waals surface area contributed by atoms with Gasteiger partial charge in [0.2, 0.25) is 11.8 Å². The summed E-state index contributed by atoms with van der Waals surface area (Å²) in [5.74, 6) is 0.654. The van der Waals surface area contributed by atoms with Gasteiger partial charge < -0.3 is 14.6 Å². The van der Waals surface area contributed by atoms with Crippen molar-refractivity contribution >= 4 is 11.9 Å². The van der Waals surface area contributed by atoms with Gasteiger partial charge in [-0.25, -0.2) is 0 Å². The van der Waals surface area contributed by atoms with E-state index in [0.29, 0.717) is 11.9 Å². The average molecular weight is 368 g/mol. The molecule has 0 unspecified atom stereocenters. The zero-order chi connectivity index (χ0) is 18.5. The van der Waals surface area contributed by atoms with E-state index in [1.165, 1.54) is 12.8 Å². The van der Waals surface area contributed by atoms with Gasteiger partial charge in [0.15, 0.2) is 0 Å². The maximum atomic E-state index is 12.9. The Bertz CT molecular complexity index is 734. The highest BCUT2D eigenvalue weighted by Gasteiger charge is 2.28. The molecule has 1 aliphatic carbocycles. The highest BCUT2D eigenvalue weighted by atomic mass is 16.4. The second-order valence-corrected chi connectivity index (χ2v) is 7.66. The molecular formula is C21H28N4O2. The Labute approximate surface area is 160 Å². The Morgan fingerprint density at radius 3 is 2.44 bits per heavy atom. The molecule has 6 heteroatoms. The maximum absolute atomic E-state index is 12.9. The van der Waals surface area contributed by atoms with Crippen LogP contribution in [0, 0.1) is 5.92 Å². The number of anilines is 1. The molecule has 1 atom stereocenters. The van der Waals surface area contributed by atoms with Crippen molar-refractivity contribution in [2.75, 3.05) is 18.0 Å². The molecule has 144 valence electrons. The molecule has 27 heavy (non-hydrogen) atoms. The maximum Gasteiger partial charge on any atom is 0.318 e. The number of benzene rings is 1. The minimum Gasteiger partial charge on any atom is -0.405 e. The lowest BCUT2D eigenvalue weighted by molar-refractivity contribution is -0.126. The van der Waals surface area contributed by atoms with Crippen LogP contribution < -0.4 is 10.2 Å². The predicted octanol–water partition coefficient (Wildman–Crippen LogP) is 3.85. The molecule has 2 fully saturated rings. The van der Waals surface area contributed by atoms with Crippen molar-refractivity contribution in [1.82, 2.24) is 15.5 Å². The van der Waals surface area contributed by atoms with Gasteiger partial charge >= 0.3 is 6.01 Å². The third kappa shape index (κ3) is 4.31. The first-order chi connectivity index (χ1) is 13.3. The zero-order valence-corrected chi connectivity index (χ0v) is 15.8. The fourth-order valence-corrected chi connectivity index (χ4v) is 4.11. The van der Waals surface area contributed by atoms with E-state index >= 15 is 0 Å². The Kier molecular flexibility index (Phi) is 5.70. The minimum atomic E-state index is -0.397. The lowest BCUT2D eigenvalue weighted by atomic mass is 9.88. The topological polar surface area (TPSA) is 71.3 Å². The molecule has 0 spiro atoms. The Morgan fingerprint density at radius 1 is 1.00 bits per heavy atom. The van der Waals surface area contributed by atoms with E-state index in [4.69, 9.17) is 4.42 Å². The smallest absolute Gasteiger partial charge is 0.318 e. The number of nitrogens with one attached hydrogen (secondary N) is 1. The monoisotopic (exact) mass is 368 g/mol. The van der Waals surface area contributed by atoms with Crippen LogP contribution in [-0.4, -0.2) is 29.2 Å². The van der Waals surface area contributed by atoms with Gasteiger partial charge in [0.05, 0.1) is 0 Å². The summed E-state index contributed by atoms with van der Waals surface area (Å²) in [5.41, 5.74) is 0.968. The van der Waals surface area contributed by atoms with Crippen molar-refractivity contribution in [3.05, 3.63) is 41.8 Å². The highest BCUT2D eigenvalue weighted by Crippen LogP contribution is 2.28. The second-order valence-electron chi connectivity index (χ2n) is 7.66. The van der Waals surface area contributed by atoms with Crippen molar-refractivity contribution in [2.24, 2.45) is 5.92 Å². The quantitative estimate of drug-likeness (QED) is 0.868. The van der Waals surface area contributed by atoms with Crippen LogP contribution in [0.2, 0.25) is 0 Å². The van der Waals surface area contributed by atoms with Crippen LogP contribution in [0.3, 0.4) is 0 Å². The number of hydrogen-bond acceptors (Lipinski definition) is 5. The molecule has 0 radical (unpaired) electrons. The van der Waals surface area contributed by atoms with Crippen molar-refractivity contribution in [3.8, 4) is 0 Å². The number of piperidine rings is 1. The van der Waals surface area contributed by atoms with E-state index in [9.17, 15) is 4.79 Å². The van der Waals surface area contributed by atoms with Crippen LogP contribution in [0.15, 0.2) is 34.7 Å². The molecule has 4 rings (SSSR count). The Morgan fingerprint density at radius 2 is 1.70 bits per heavy atom. The summed E-state index contributed by atoms with van der Waals surface area (Å²) in [6, 6.07) is 10.1. The molecule has 2 heterocycles. The second kappa shape index (κ2) is 8.55. The molecular weight excluding hydrogens is 340 g/mol. The van der Waals surface area contributed by atoms with Crippen LogP contribution in [-0.2, 0) is 4.79 Å². The molecule has 1 aliphatic heterocycles. The Hall–Kier alpha value is -2.37. The van der Waals surface area contributed by atoms with Crippen molar-refractivity contribution in [3.63, 3.8) is 0 Å². The summed E-state index contributed by atoms with van der Waals surface area (Å²) in [6.45, 7) is 1.90. The van der Waals surface area contributed by atoms with Gasteiger partial charge in [0.1, 0.15) is 6.04 Å². The molecule has 2 aliphatic rings. The van der Waals surface area contributed by atoms with Gasteiger partial charge in [-0.05, 0) is 37.7 Å². The Balaban J connectivity index is 1.55. The summed E-state index contributed by atoms with van der Waals surface area (Å²) in [7, 11) is 0.